The molecular formula is C105H154N12O30. The molecule has 0 saturated carbocycles. The van der Waals surface area contributed by atoms with Crippen LogP contribution in [0.5, 0.6) is 23.0 Å². The number of aliphatic hydroxyl groups excluding tert-OH is 2. The molecule has 5 aliphatic rings. The largest absolute Gasteiger partial charge is 0.493 e. The van der Waals surface area contributed by atoms with Crippen LogP contribution in [0.2, 0.25) is 0 Å². The molecule has 0 bridgehead atoms. The van der Waals surface area contributed by atoms with Gasteiger partial charge in [0.25, 0.3) is 11.8 Å². The van der Waals surface area contributed by atoms with E-state index in [0.717, 1.165) is 48.2 Å². The molecular weight excluding hydrogens is 1910 g/mol. The highest BCUT2D eigenvalue weighted by molar-refractivity contribution is 6.07. The smallest absolute Gasteiger partial charge is 0.416 e. The molecule has 1 saturated heterocycles. The van der Waals surface area contributed by atoms with Gasteiger partial charge in [0.2, 0.25) is 53.2 Å². The fourth-order valence-corrected chi connectivity index (χ4v) is 17.1. The number of fused-ring (bicyclic) bond motifs is 4. The molecule has 5 heterocycles. The first kappa shape index (κ1) is 119. The first-order chi connectivity index (χ1) is 70.9. The third kappa shape index (κ3) is 37.6. The Hall–Kier alpha value is -11.5. The van der Waals surface area contributed by atoms with Gasteiger partial charge < -0.3 is 138 Å². The van der Waals surface area contributed by atoms with Crippen LogP contribution in [0, 0.1) is 23.7 Å². The summed E-state index contributed by atoms with van der Waals surface area (Å²) >= 11 is 0. The molecule has 1 fully saturated rings. The summed E-state index contributed by atoms with van der Waals surface area (Å²) in [7, 11) is 4.42. The Labute approximate surface area is 861 Å². The Kier molecular flexibility index (Phi) is 51.3. The van der Waals surface area contributed by atoms with Crippen LogP contribution in [0.25, 0.3) is 0 Å². The minimum absolute atomic E-state index is 0.0176. The SMILES string of the molecule is CCCCCC(CC)C1CC(=O)N(CCC(=O)NCCOCCOCCOCCOCCOCCOCCOCCOCCC(=O)N[C@H](C(=O)N[C@@H](C)C(=O)Nc2ccc(COCN3c4cc(OCCCCCOc5cc6c(cc5OC)C(=O)N5C=C(C)C[C@H]5[C@H](O)N6C(=O)OCc5ccc(NC(=O)[C@H](C)NC(=O)[C@@H](NC(=O)CCOCCOC)C(C)C)cc5)c(OC)cc4C(=O)N4C=C(C)C[C@H]4[C@@H]3O)cc2)C(C)C)C1=O. The number of methoxy groups -OCH3 is 3. The number of benzene rings is 4. The summed E-state index contributed by atoms with van der Waals surface area (Å²) in [5.74, 6) is -4.10. The van der Waals surface area contributed by atoms with Crippen molar-refractivity contribution in [1.82, 2.24) is 41.3 Å². The van der Waals surface area contributed by atoms with Gasteiger partial charge in [0.05, 0.1) is 200 Å². The predicted molar refractivity (Wildman–Crippen MR) is 542 cm³/mol. The van der Waals surface area contributed by atoms with Crippen molar-refractivity contribution in [2.45, 2.75) is 221 Å². The molecule has 814 valence electrons. The van der Waals surface area contributed by atoms with Crippen LogP contribution in [0.3, 0.4) is 0 Å². The number of anilines is 4. The van der Waals surface area contributed by atoms with Gasteiger partial charge in [-0.2, -0.15) is 0 Å². The van der Waals surface area contributed by atoms with E-state index in [0.29, 0.717) is 165 Å². The maximum absolute atomic E-state index is 14.4. The van der Waals surface area contributed by atoms with E-state index in [4.69, 9.17) is 75.8 Å². The van der Waals surface area contributed by atoms with E-state index in [2.05, 4.69) is 51.1 Å². The number of likely N-dealkylation sites (tertiary alicyclic amines) is 1. The van der Waals surface area contributed by atoms with E-state index in [1.54, 1.807) is 113 Å². The number of ether oxygens (including phenoxy) is 16. The van der Waals surface area contributed by atoms with Crippen molar-refractivity contribution >= 4 is 93.8 Å². The zero-order chi connectivity index (χ0) is 106. The summed E-state index contributed by atoms with van der Waals surface area (Å²) < 4.78 is 91.3. The zero-order valence-corrected chi connectivity index (χ0v) is 87.4. The lowest BCUT2D eigenvalue weighted by atomic mass is 9.84. The number of aliphatic hydroxyl groups is 2. The molecule has 147 heavy (non-hydrogen) atoms. The van der Waals surface area contributed by atoms with Crippen molar-refractivity contribution in [2.24, 2.45) is 23.7 Å². The number of nitrogens with zero attached hydrogens (tertiary/aromatic N) is 5. The van der Waals surface area contributed by atoms with Crippen LogP contribution >= 0.6 is 0 Å². The fraction of sp³-hybridized carbons (Fsp3) is 0.619. The standard InChI is InChI=1S/C105H154N12O30/c1-14-16-18-21-76(15-2)79-60-93(121)113(100(79)126)34-30-90(118)106-33-39-137-43-45-139-47-49-141-51-53-143-55-54-142-52-50-140-48-46-138-44-42-136-38-32-92(120)112-95(69(5)6)99(125)107-72(9)96(122)109-77-26-22-74(23-27-77)65-144-67-116-82-61-88(86(133-12)58-80(82)101(127)114-63-70(7)56-84(114)103(116)129)145-35-19-17-20-36-146-89-62-83-81(59-87(89)134-13)102(128)115-64-71(8)57-85(115)104(130)117(83)105(131)147-66-75-24-28-78(29-25-75)110-97(123)73(10)108-98(124)94(68(3)4)111-91(119)31-37-135-41-40-132-11/h22-29,58-59,61-64,68-69,72-73,76,79,84-85,94-95,103-104,129-130H,14-21,30-57,60,65-67H2,1-13H3,(H,106,118)(H,107,125)(H,108,124)(H,109,122)(H,110,123)(H,111,119)(H,112,120)/t72-,73-,76?,79?,84-,85-,94-,95-,103-,104-/m0/s1. The first-order valence-electron chi connectivity index (χ1n) is 51.0. The van der Waals surface area contributed by atoms with E-state index >= 15 is 0 Å². The van der Waals surface area contributed by atoms with E-state index in [1.165, 1.54) is 54.9 Å². The fourth-order valence-electron chi connectivity index (χ4n) is 17.1. The molecule has 12 amide bonds. The van der Waals surface area contributed by atoms with Gasteiger partial charge in [0.1, 0.15) is 43.7 Å². The first-order valence-corrected chi connectivity index (χ1v) is 51.0. The number of amides is 12. The molecule has 0 radical (unpaired) electrons. The van der Waals surface area contributed by atoms with Gasteiger partial charge in [-0.25, -0.2) is 9.69 Å². The molecule has 42 heteroatoms. The maximum atomic E-state index is 14.4. The lowest BCUT2D eigenvalue weighted by molar-refractivity contribution is -0.140. The van der Waals surface area contributed by atoms with E-state index in [1.807, 2.05) is 13.8 Å². The third-order valence-electron chi connectivity index (χ3n) is 25.3. The van der Waals surface area contributed by atoms with Crippen molar-refractivity contribution in [3.63, 3.8) is 0 Å². The van der Waals surface area contributed by atoms with Gasteiger partial charge in [-0.1, -0.05) is 103 Å². The quantitative estimate of drug-likeness (QED) is 0.0147. The van der Waals surface area contributed by atoms with E-state index in [-0.39, 0.29) is 186 Å². The average molecular weight is 2060 g/mol. The number of carbonyl (C=O) groups excluding carboxylic acids is 12. The van der Waals surface area contributed by atoms with Crippen LogP contribution < -0.4 is 66.0 Å². The predicted octanol–water partition coefficient (Wildman–Crippen LogP) is 8.59. The van der Waals surface area contributed by atoms with E-state index < -0.39 is 90.2 Å². The normalized spacial score (nSPS) is 17.4. The van der Waals surface area contributed by atoms with Crippen LogP contribution in [0.1, 0.15) is 191 Å². The zero-order valence-electron chi connectivity index (χ0n) is 87.4. The highest BCUT2D eigenvalue weighted by Crippen LogP contribution is 2.45. The van der Waals surface area contributed by atoms with Crippen molar-refractivity contribution in [3.8, 4) is 23.0 Å². The number of unbranched alkanes of at least 4 members (excludes halogenated alkanes) is 4. The molecule has 42 nitrogen and oxygen atoms in total. The van der Waals surface area contributed by atoms with Crippen LogP contribution in [0.4, 0.5) is 27.5 Å². The van der Waals surface area contributed by atoms with Gasteiger partial charge in [-0.05, 0) is 131 Å². The second-order valence-corrected chi connectivity index (χ2v) is 37.3. The van der Waals surface area contributed by atoms with Gasteiger partial charge in [-0.3, -0.25) is 57.6 Å². The van der Waals surface area contributed by atoms with E-state index in [9.17, 15) is 67.7 Å². The van der Waals surface area contributed by atoms with Gasteiger partial charge in [0, 0.05) is 81.8 Å². The minimum Gasteiger partial charge on any atom is -0.493 e. The topological polar surface area (TPSA) is 493 Å². The molecule has 9 rings (SSSR count). The number of imide groups is 1. The molecule has 4 aromatic rings. The molecule has 10 atom stereocenters. The van der Waals surface area contributed by atoms with Crippen LogP contribution in [0.15, 0.2) is 96.3 Å². The van der Waals surface area contributed by atoms with Crippen LogP contribution in [-0.4, -0.2) is 325 Å². The Bertz CT molecular complexity index is 4950. The van der Waals surface area contributed by atoms with Crippen molar-refractivity contribution in [1.29, 1.82) is 0 Å². The molecule has 2 unspecified atom stereocenters. The monoisotopic (exact) mass is 2060 g/mol. The Morgan fingerprint density at radius 1 is 0.442 bits per heavy atom. The average Bonchev–Trinajstić information content (AvgIpc) is 1.65. The summed E-state index contributed by atoms with van der Waals surface area (Å²) in [6.45, 7) is 24.6. The molecule has 5 aliphatic heterocycles. The Balaban J connectivity index is 0.626. The van der Waals surface area contributed by atoms with Crippen molar-refractivity contribution in [3.05, 3.63) is 119 Å². The lowest BCUT2D eigenvalue weighted by Crippen LogP contribution is -2.53. The number of nitrogens with one attached hydrogen (secondary N) is 7. The van der Waals surface area contributed by atoms with Gasteiger partial charge in [0.15, 0.2) is 29.2 Å². The number of carbonyl (C=O) groups is 12. The summed E-state index contributed by atoms with van der Waals surface area (Å²) in [4.78, 5) is 167. The molecule has 9 N–H and O–H groups in total. The molecule has 0 aromatic heterocycles. The minimum atomic E-state index is -1.57. The highest BCUT2D eigenvalue weighted by atomic mass is 16.6. The van der Waals surface area contributed by atoms with Crippen molar-refractivity contribution < 1.29 is 144 Å². The lowest BCUT2D eigenvalue weighted by Gasteiger charge is -2.33. The molecule has 4 aromatic carbocycles. The summed E-state index contributed by atoms with van der Waals surface area (Å²) in [6.07, 6.45) is 7.22. The number of hydrogen-bond acceptors (Lipinski definition) is 31. The Morgan fingerprint density at radius 2 is 0.878 bits per heavy atom. The van der Waals surface area contributed by atoms with Gasteiger partial charge >= 0.3 is 6.09 Å². The summed E-state index contributed by atoms with van der Waals surface area (Å²) in [5.41, 5.74) is 4.36. The highest BCUT2D eigenvalue weighted by Gasteiger charge is 2.48. The number of rotatable bonds is 70. The molecule has 0 aliphatic carbocycles. The summed E-state index contributed by atoms with van der Waals surface area (Å²) in [6, 6.07) is 14.1. The molecule has 0 spiro atoms. The van der Waals surface area contributed by atoms with Crippen LogP contribution in [-0.2, 0) is 113 Å². The third-order valence-corrected chi connectivity index (χ3v) is 25.3. The summed E-state index contributed by atoms with van der Waals surface area (Å²) in [5, 5.41) is 43.5. The Morgan fingerprint density at radius 3 is 1.33 bits per heavy atom. The second kappa shape index (κ2) is 63.3. The second-order valence-electron chi connectivity index (χ2n) is 37.3. The maximum Gasteiger partial charge on any atom is 0.416 e. The number of hydrogen-bond donors (Lipinski definition) is 9. The van der Waals surface area contributed by atoms with Gasteiger partial charge in [-0.15, -0.1) is 0 Å². The van der Waals surface area contributed by atoms with Crippen molar-refractivity contribution in [2.75, 3.05) is 200 Å².